The van der Waals surface area contributed by atoms with E-state index in [1.54, 1.807) is 31.4 Å². The molecule has 0 saturated heterocycles. The van der Waals surface area contributed by atoms with Gasteiger partial charge in [-0.3, -0.25) is 4.79 Å². The van der Waals surface area contributed by atoms with Gasteiger partial charge in [0.15, 0.2) is 10.9 Å². The normalized spacial score (nSPS) is 10.7. The van der Waals surface area contributed by atoms with Crippen LogP contribution in [0.4, 0.5) is 0 Å². The van der Waals surface area contributed by atoms with Crippen LogP contribution in [0.1, 0.15) is 20.7 Å². The zero-order chi connectivity index (χ0) is 18.7. The van der Waals surface area contributed by atoms with Gasteiger partial charge in [-0.2, -0.15) is 0 Å². The molecular weight excluding hydrogens is 352 g/mol. The zero-order valence-electron chi connectivity index (χ0n) is 14.7. The number of thioether (sulfide) groups is 1. The summed E-state index contributed by atoms with van der Waals surface area (Å²) in [6, 6.07) is 12.3. The summed E-state index contributed by atoms with van der Waals surface area (Å²) in [4.78, 5) is 29.0. The van der Waals surface area contributed by atoms with Crippen LogP contribution in [0.5, 0.6) is 5.75 Å². The summed E-state index contributed by atoms with van der Waals surface area (Å²) in [6.45, 7) is 0. The fourth-order valence-electron chi connectivity index (χ4n) is 2.64. The van der Waals surface area contributed by atoms with Crippen LogP contribution in [-0.4, -0.2) is 41.3 Å². The Morgan fingerprint density at radius 2 is 1.85 bits per heavy atom. The first-order chi connectivity index (χ1) is 12.5. The summed E-state index contributed by atoms with van der Waals surface area (Å²) >= 11 is 1.33. The van der Waals surface area contributed by atoms with E-state index in [1.807, 2.05) is 29.8 Å². The Balaban J connectivity index is 1.81. The Morgan fingerprint density at radius 1 is 1.12 bits per heavy atom. The van der Waals surface area contributed by atoms with Gasteiger partial charge in [-0.15, -0.1) is 0 Å². The smallest absolute Gasteiger partial charge is 0.338 e. The summed E-state index contributed by atoms with van der Waals surface area (Å²) < 4.78 is 11.9. The molecule has 0 saturated carbocycles. The molecule has 7 heteroatoms. The second kappa shape index (κ2) is 7.61. The molecule has 6 nitrogen and oxygen atoms in total. The first kappa shape index (κ1) is 18.0. The minimum atomic E-state index is -0.520. The molecule has 0 atom stereocenters. The number of methoxy groups -OCH3 is 2. The van der Waals surface area contributed by atoms with Gasteiger partial charge in [0.1, 0.15) is 5.75 Å². The molecule has 0 amide bonds. The zero-order valence-corrected chi connectivity index (χ0v) is 15.5. The average molecular weight is 370 g/mol. The lowest BCUT2D eigenvalue weighted by molar-refractivity contribution is 0.0597. The van der Waals surface area contributed by atoms with Gasteiger partial charge in [-0.25, -0.2) is 9.78 Å². The number of fused-ring (bicyclic) bond motifs is 1. The highest BCUT2D eigenvalue weighted by Crippen LogP contribution is 2.26. The number of benzene rings is 2. The van der Waals surface area contributed by atoms with Crippen molar-refractivity contribution < 1.29 is 19.1 Å². The average Bonchev–Trinajstić information content (AvgIpc) is 3.00. The second-order valence-corrected chi connectivity index (χ2v) is 6.50. The molecule has 0 bridgehead atoms. The predicted octanol–water partition coefficient (Wildman–Crippen LogP) is 3.34. The molecule has 2 aromatic carbocycles. The van der Waals surface area contributed by atoms with Crippen molar-refractivity contribution in [1.82, 2.24) is 9.55 Å². The van der Waals surface area contributed by atoms with Gasteiger partial charge in [0.2, 0.25) is 0 Å². The lowest BCUT2D eigenvalue weighted by Gasteiger charge is -2.07. The van der Waals surface area contributed by atoms with E-state index in [4.69, 9.17) is 9.47 Å². The quantitative estimate of drug-likeness (QED) is 0.376. The third-order valence-electron chi connectivity index (χ3n) is 4.01. The second-order valence-electron chi connectivity index (χ2n) is 5.56. The van der Waals surface area contributed by atoms with Crippen molar-refractivity contribution in [2.75, 3.05) is 20.0 Å². The molecule has 3 rings (SSSR count). The van der Waals surface area contributed by atoms with Crippen LogP contribution in [0.3, 0.4) is 0 Å². The van der Waals surface area contributed by atoms with E-state index in [1.165, 1.54) is 18.9 Å². The first-order valence-corrected chi connectivity index (χ1v) is 8.87. The Kier molecular flexibility index (Phi) is 5.27. The topological polar surface area (TPSA) is 70.4 Å². The first-order valence-electron chi connectivity index (χ1n) is 7.89. The van der Waals surface area contributed by atoms with E-state index < -0.39 is 5.97 Å². The van der Waals surface area contributed by atoms with Gasteiger partial charge < -0.3 is 14.0 Å². The van der Waals surface area contributed by atoms with E-state index in [0.717, 1.165) is 21.9 Å². The van der Waals surface area contributed by atoms with Crippen molar-refractivity contribution >= 4 is 34.5 Å². The Morgan fingerprint density at radius 3 is 2.54 bits per heavy atom. The number of aryl methyl sites for hydroxylation is 1. The van der Waals surface area contributed by atoms with Gasteiger partial charge in [-0.1, -0.05) is 30.0 Å². The molecule has 0 unspecified atom stereocenters. The lowest BCUT2D eigenvalue weighted by Crippen LogP contribution is -2.12. The van der Waals surface area contributed by atoms with Crippen LogP contribution in [0.2, 0.25) is 0 Å². The van der Waals surface area contributed by atoms with Gasteiger partial charge in [0.05, 0.1) is 36.6 Å². The lowest BCUT2D eigenvalue weighted by atomic mass is 10.0. The molecule has 0 radical (unpaired) electrons. The molecule has 0 aliphatic heterocycles. The van der Waals surface area contributed by atoms with E-state index >= 15 is 0 Å². The maximum atomic E-state index is 12.6. The van der Waals surface area contributed by atoms with Crippen LogP contribution in [0, 0.1) is 0 Å². The van der Waals surface area contributed by atoms with Crippen LogP contribution in [0.25, 0.3) is 11.0 Å². The number of carbonyl (C=O) groups excluding carboxylic acids is 2. The molecule has 0 spiro atoms. The minimum Gasteiger partial charge on any atom is -0.497 e. The number of hydrogen-bond donors (Lipinski definition) is 0. The number of aromatic nitrogens is 2. The third kappa shape index (κ3) is 3.43. The Bertz CT molecular complexity index is 981. The van der Waals surface area contributed by atoms with Crippen LogP contribution < -0.4 is 4.74 Å². The minimum absolute atomic E-state index is 0.152. The van der Waals surface area contributed by atoms with E-state index in [2.05, 4.69) is 4.98 Å². The Labute approximate surface area is 155 Å². The summed E-state index contributed by atoms with van der Waals surface area (Å²) in [5.74, 6) is 0.229. The fraction of sp³-hybridized carbons (Fsp3) is 0.211. The number of ketones is 1. The molecule has 1 aromatic heterocycles. The highest BCUT2D eigenvalue weighted by atomic mass is 32.2. The number of Topliss-reactive ketones (excluding diaryl/α,β-unsaturated/α-hetero) is 1. The molecule has 3 aromatic rings. The molecule has 0 aliphatic carbocycles. The summed E-state index contributed by atoms with van der Waals surface area (Å²) in [7, 11) is 4.81. The van der Waals surface area contributed by atoms with Crippen LogP contribution in [-0.2, 0) is 11.8 Å². The number of hydrogen-bond acceptors (Lipinski definition) is 6. The number of carbonyl (C=O) groups is 2. The third-order valence-corrected chi connectivity index (χ3v) is 5.04. The van der Waals surface area contributed by atoms with Gasteiger partial charge >= 0.3 is 5.97 Å². The van der Waals surface area contributed by atoms with Crippen molar-refractivity contribution in [2.24, 2.45) is 7.05 Å². The molecule has 0 aliphatic rings. The van der Waals surface area contributed by atoms with E-state index in [9.17, 15) is 9.59 Å². The summed E-state index contributed by atoms with van der Waals surface area (Å²) in [5.41, 5.74) is 2.38. The van der Waals surface area contributed by atoms with Gasteiger partial charge in [0, 0.05) is 18.7 Å². The van der Waals surface area contributed by atoms with Gasteiger partial charge in [-0.05, 0) is 18.2 Å². The molecule has 0 fully saturated rings. The standard InChI is InChI=1S/C19H18N2O4S/c1-21-16-9-8-12(24-2)10-15(16)20-19(21)26-11-17(22)13-6-4-5-7-14(13)18(23)25-3/h4-10H,11H2,1-3H3. The van der Waals surface area contributed by atoms with Crippen molar-refractivity contribution in [3.63, 3.8) is 0 Å². The monoisotopic (exact) mass is 370 g/mol. The SMILES string of the molecule is COC(=O)c1ccccc1C(=O)CSc1nc2cc(OC)ccc2n1C. The largest absolute Gasteiger partial charge is 0.497 e. The summed E-state index contributed by atoms with van der Waals surface area (Å²) in [6.07, 6.45) is 0. The van der Waals surface area contributed by atoms with Gasteiger partial charge in [0.25, 0.3) is 0 Å². The van der Waals surface area contributed by atoms with Crippen LogP contribution in [0.15, 0.2) is 47.6 Å². The number of ether oxygens (including phenoxy) is 2. The number of esters is 1. The highest BCUT2D eigenvalue weighted by Gasteiger charge is 2.18. The number of rotatable bonds is 6. The molecule has 1 heterocycles. The fourth-order valence-corrected chi connectivity index (χ4v) is 3.51. The summed E-state index contributed by atoms with van der Waals surface area (Å²) in [5, 5.41) is 0.720. The van der Waals surface area contributed by atoms with Crippen LogP contribution >= 0.6 is 11.8 Å². The van der Waals surface area contributed by atoms with Crippen molar-refractivity contribution in [3.05, 3.63) is 53.6 Å². The Hall–Kier alpha value is -2.80. The maximum Gasteiger partial charge on any atom is 0.338 e. The number of imidazole rings is 1. The molecule has 134 valence electrons. The predicted molar refractivity (Wildman–Crippen MR) is 100 cm³/mol. The van der Waals surface area contributed by atoms with Crippen molar-refractivity contribution in [3.8, 4) is 5.75 Å². The van der Waals surface area contributed by atoms with E-state index in [-0.39, 0.29) is 17.1 Å². The van der Waals surface area contributed by atoms with E-state index in [0.29, 0.717) is 5.56 Å². The van der Waals surface area contributed by atoms with Crippen molar-refractivity contribution in [1.29, 1.82) is 0 Å². The molecule has 0 N–H and O–H groups in total. The molecule has 26 heavy (non-hydrogen) atoms. The number of nitrogens with zero attached hydrogens (tertiary/aromatic N) is 2. The van der Waals surface area contributed by atoms with Crippen molar-refractivity contribution in [2.45, 2.75) is 5.16 Å². The molecular formula is C19H18N2O4S. The maximum absolute atomic E-state index is 12.6. The highest BCUT2D eigenvalue weighted by molar-refractivity contribution is 7.99.